The summed E-state index contributed by atoms with van der Waals surface area (Å²) in [5.74, 6) is 0.246. The van der Waals surface area contributed by atoms with Crippen LogP contribution in [0.15, 0.2) is 60.7 Å². The quantitative estimate of drug-likeness (QED) is 0.0167. The highest BCUT2D eigenvalue weighted by molar-refractivity contribution is 5.73. The monoisotopic (exact) mass is 1660 g/mol. The zero-order valence-corrected chi connectivity index (χ0v) is 76.9. The average Bonchev–Trinajstić information content (AvgIpc) is 0.885. The minimum atomic E-state index is -0.404. The molecule has 8 atom stereocenters. The summed E-state index contributed by atoms with van der Waals surface area (Å²) >= 11 is 0. The topological polar surface area (TPSA) is 342 Å². The third-order valence-corrected chi connectivity index (χ3v) is 22.8. The molecule has 0 aliphatic heterocycles. The molecule has 0 aliphatic rings. The molecule has 0 spiro atoms. The number of carbonyl (C=O) groups is 6. The van der Waals surface area contributed by atoms with Crippen LogP contribution in [0.5, 0.6) is 11.5 Å². The number of rotatable bonds is 65. The molecular weight excluding hydrogens is 1490 g/mol. The maximum absolute atomic E-state index is 12.3. The van der Waals surface area contributed by atoms with E-state index in [2.05, 4.69) is 69.2 Å². The van der Waals surface area contributed by atoms with Crippen molar-refractivity contribution in [1.29, 1.82) is 0 Å². The lowest BCUT2D eigenvalue weighted by molar-refractivity contribution is -0.144. The Morgan fingerprint density at radius 2 is 0.479 bits per heavy atom. The summed E-state index contributed by atoms with van der Waals surface area (Å²) in [6.45, 7) is 33.5. The van der Waals surface area contributed by atoms with Gasteiger partial charge < -0.3 is 79.6 Å². The van der Waals surface area contributed by atoms with Crippen LogP contribution in [0.3, 0.4) is 0 Å². The number of benzene rings is 2. The lowest BCUT2D eigenvalue weighted by Crippen LogP contribution is -2.21. The average molecular weight is 1660 g/mol. The van der Waals surface area contributed by atoms with E-state index in [0.29, 0.717) is 101 Å². The maximum atomic E-state index is 12.3. The molecule has 2 aromatic carbocycles. The van der Waals surface area contributed by atoms with Gasteiger partial charge in [-0.3, -0.25) is 19.2 Å². The van der Waals surface area contributed by atoms with Gasteiger partial charge in [0.1, 0.15) is 24.1 Å². The number of hydrogen-bond donors (Lipinski definition) is 10. The fourth-order valence-electron chi connectivity index (χ4n) is 14.6. The summed E-state index contributed by atoms with van der Waals surface area (Å²) in [5.41, 5.74) is -0.506. The van der Waals surface area contributed by atoms with Gasteiger partial charge in [0.15, 0.2) is 0 Å². The van der Waals surface area contributed by atoms with Crippen molar-refractivity contribution in [3.63, 3.8) is 0 Å². The summed E-state index contributed by atoms with van der Waals surface area (Å²) in [6, 6.07) is 18.2. The van der Waals surface area contributed by atoms with Gasteiger partial charge in [-0.05, 0) is 254 Å². The number of hydrogen-bond acceptors (Lipinski definition) is 20. The van der Waals surface area contributed by atoms with Gasteiger partial charge in [0.25, 0.3) is 0 Å². The molecule has 10 N–H and O–H groups in total. The van der Waals surface area contributed by atoms with E-state index < -0.39 is 12.2 Å². The van der Waals surface area contributed by atoms with E-state index in [-0.39, 0.29) is 117 Å². The van der Waals surface area contributed by atoms with Crippen molar-refractivity contribution in [1.82, 2.24) is 0 Å². The molecule has 2 aromatic rings. The molecule has 0 saturated heterocycles. The largest absolute Gasteiger partial charge is 0.469 e. The van der Waals surface area contributed by atoms with Gasteiger partial charge in [-0.25, -0.2) is 0 Å². The Kier molecular flexibility index (Phi) is 61.8. The zero-order valence-electron chi connectivity index (χ0n) is 76.9. The van der Waals surface area contributed by atoms with Crippen LogP contribution in [-0.4, -0.2) is 164 Å². The third kappa shape index (κ3) is 69.5. The van der Waals surface area contributed by atoms with Crippen LogP contribution in [0.25, 0.3) is 0 Å². The highest BCUT2D eigenvalue weighted by atomic mass is 16.5. The molecule has 117 heavy (non-hydrogen) atoms. The molecule has 0 bridgehead atoms. The molecule has 0 radical (unpaired) electrons. The lowest BCUT2D eigenvalue weighted by Gasteiger charge is -2.24. The van der Waals surface area contributed by atoms with Crippen molar-refractivity contribution in [2.24, 2.45) is 43.3 Å². The van der Waals surface area contributed by atoms with Crippen LogP contribution in [0, 0.1) is 43.3 Å². The standard InChI is InChI=1S/C33H48O6.C23H44O6.C21H40O4.C20H42O4/c1-32(2,24-30(36)38-28-18-7-5-8-19-28)22-12-16-26(34)14-11-15-27(35)17-13-23-33(3,4)25-31(37)39-29-20-9-6-10-21-29;1-22(2,16-20(26)28-5)14-8-12-18(24)10-7-11-19(25)13-9-15-23(3,4)17-21(27)29-6;1-20(2,14-16-22)12-6-10-18(24)8-5-9-19(25)11-7-13-21(3,4)15-17-23;1-19(2,14-15-21)12-6-10-17(23)8-5-9-18(24)11-7-13-20(3,4)16-22/h5-10,18-21,26-27,34-35H,11-17,22-25H2,1-4H3;18-19,24-25H,7-17H2,1-6H3;16-19,24-25H,5-15H2,1-4H3;17-18,21-24H,5-16H2,1-4H3. The lowest BCUT2D eigenvalue weighted by atomic mass is 9.83. The van der Waals surface area contributed by atoms with Crippen molar-refractivity contribution < 1.29 is 98.8 Å². The van der Waals surface area contributed by atoms with Crippen molar-refractivity contribution >= 4 is 36.4 Å². The Hall–Kier alpha value is -4.74. The second-order valence-corrected chi connectivity index (χ2v) is 40.2. The number of aldehydes is 2. The van der Waals surface area contributed by atoms with E-state index in [4.69, 9.17) is 24.1 Å². The molecule has 2 rings (SSSR count). The van der Waals surface area contributed by atoms with Gasteiger partial charge in [0.2, 0.25) is 0 Å². The first-order valence-electron chi connectivity index (χ1n) is 44.8. The summed E-state index contributed by atoms with van der Waals surface area (Å²) in [7, 11) is 2.81. The van der Waals surface area contributed by atoms with Crippen LogP contribution >= 0.6 is 0 Å². The normalized spacial score (nSPS) is 14.4. The smallest absolute Gasteiger partial charge is 0.311 e. The predicted molar refractivity (Wildman–Crippen MR) is 471 cm³/mol. The van der Waals surface area contributed by atoms with Gasteiger partial charge in [-0.15, -0.1) is 0 Å². The Balaban J connectivity index is 0. The van der Waals surface area contributed by atoms with Gasteiger partial charge in [0.05, 0.1) is 88.7 Å². The second-order valence-electron chi connectivity index (χ2n) is 40.2. The first-order chi connectivity index (χ1) is 54.6. The second kappa shape index (κ2) is 63.2. The molecule has 682 valence electrons. The van der Waals surface area contributed by atoms with E-state index in [0.717, 1.165) is 199 Å². The van der Waals surface area contributed by atoms with E-state index >= 15 is 0 Å². The van der Waals surface area contributed by atoms with E-state index in [1.807, 2.05) is 77.9 Å². The van der Waals surface area contributed by atoms with E-state index in [9.17, 15) is 74.7 Å². The van der Waals surface area contributed by atoms with Gasteiger partial charge in [0, 0.05) is 26.1 Å². The highest BCUT2D eigenvalue weighted by Crippen LogP contribution is 2.36. The summed E-state index contributed by atoms with van der Waals surface area (Å²) in [6.07, 6.45) is 31.7. The van der Waals surface area contributed by atoms with Crippen LogP contribution in [0.1, 0.15) is 387 Å². The first kappa shape index (κ1) is 114. The van der Waals surface area contributed by atoms with Gasteiger partial charge >= 0.3 is 23.9 Å². The van der Waals surface area contributed by atoms with Crippen molar-refractivity contribution in [3.8, 4) is 11.5 Å². The minimum Gasteiger partial charge on any atom is -0.469 e. The molecule has 20 nitrogen and oxygen atoms in total. The number of para-hydroxylation sites is 2. The number of aliphatic hydroxyl groups excluding tert-OH is 10. The van der Waals surface area contributed by atoms with Crippen molar-refractivity contribution in [2.75, 3.05) is 27.4 Å². The number of aliphatic hydroxyl groups is 10. The molecule has 20 heteroatoms. The van der Waals surface area contributed by atoms with E-state index in [1.165, 1.54) is 14.2 Å². The highest BCUT2D eigenvalue weighted by Gasteiger charge is 2.29. The Labute approximate surface area is 710 Å². The zero-order chi connectivity index (χ0) is 89.2. The van der Waals surface area contributed by atoms with Crippen molar-refractivity contribution in [3.05, 3.63) is 60.7 Å². The molecule has 0 aliphatic carbocycles. The van der Waals surface area contributed by atoms with Crippen LogP contribution in [-0.2, 0) is 38.2 Å². The van der Waals surface area contributed by atoms with Crippen LogP contribution in [0.2, 0.25) is 0 Å². The Morgan fingerprint density at radius 1 is 0.282 bits per heavy atom. The van der Waals surface area contributed by atoms with Crippen molar-refractivity contribution in [2.45, 2.75) is 436 Å². The molecular formula is C97H174O20. The van der Waals surface area contributed by atoms with Gasteiger partial charge in [-0.1, -0.05) is 199 Å². The summed E-state index contributed by atoms with van der Waals surface area (Å²) in [5, 5.41) is 99.5. The Morgan fingerprint density at radius 3 is 0.684 bits per heavy atom. The minimum absolute atomic E-state index is 0.0231. The maximum Gasteiger partial charge on any atom is 0.311 e. The van der Waals surface area contributed by atoms with E-state index in [1.54, 1.807) is 24.3 Å². The molecule has 0 saturated carbocycles. The molecule has 0 amide bonds. The molecule has 0 fully saturated rings. The number of methoxy groups -OCH3 is 2. The molecule has 0 aromatic heterocycles. The number of carbonyl (C=O) groups excluding carboxylic acids is 6. The third-order valence-electron chi connectivity index (χ3n) is 22.8. The summed E-state index contributed by atoms with van der Waals surface area (Å²) < 4.78 is 20.3. The fourth-order valence-corrected chi connectivity index (χ4v) is 14.6. The van der Waals surface area contributed by atoms with Crippen LogP contribution in [0.4, 0.5) is 0 Å². The number of esters is 4. The Bertz CT molecular complexity index is 2660. The molecule has 0 heterocycles. The van der Waals surface area contributed by atoms with Gasteiger partial charge in [-0.2, -0.15) is 0 Å². The fraction of sp³-hybridized carbons (Fsp3) is 0.814. The summed E-state index contributed by atoms with van der Waals surface area (Å²) in [4.78, 5) is 68.5. The van der Waals surface area contributed by atoms with Crippen LogP contribution < -0.4 is 9.47 Å². The first-order valence-corrected chi connectivity index (χ1v) is 44.8. The number of ether oxygens (including phenoxy) is 4. The molecule has 8 unspecified atom stereocenters. The predicted octanol–water partition coefficient (Wildman–Crippen LogP) is 19.8. The SMILES string of the molecule is CC(C)(CC=O)CCCC(O)CCCC(O)CCCC(C)(C)CC=O.CC(C)(CCCC(O)CCCC(O)CCCC(C)(C)CC(=O)Oc1ccccc1)CC(=O)Oc1ccccc1.CC(C)(CO)CCCC(O)CCCC(O)CCCC(C)(C)CCO.COC(=O)CC(C)(C)CCCC(O)CCCC(O)CCCC(C)(C)CC(=O)OC.